The third kappa shape index (κ3) is 9.36. The Balaban J connectivity index is 0.00000593. The molecule has 358 valence electrons. The molecule has 6 aromatic carbocycles. The van der Waals surface area contributed by atoms with Crippen LogP contribution in [-0.4, -0.2) is 27.0 Å². The van der Waals surface area contributed by atoms with Gasteiger partial charge in [0.15, 0.2) is 0 Å². The normalized spacial score (nSPS) is 21.9. The summed E-state index contributed by atoms with van der Waals surface area (Å²) in [6, 6.07) is 41.3. The molecule has 6 aromatic rings. The van der Waals surface area contributed by atoms with Crippen LogP contribution in [0.25, 0.3) is 33.7 Å². The SMILES string of the molecule is CC1=C(C)N(c2c(C)cc(C)cc2C)C(C2(P(C3CCCCC3)C3CCCCC3)CCC(Cl)(Cl)C(=Cc3ccc4ccccc4c3)C2=Cc2ccc3ccccc3c2)N1c1c(C)cc(C)cc1C.[Ru+2]. The number of anilines is 2. The molecule has 0 radical (unpaired) electrons. The van der Waals surface area contributed by atoms with Crippen molar-refractivity contribution < 1.29 is 19.5 Å². The van der Waals surface area contributed by atoms with Gasteiger partial charge in [0.1, 0.15) is 10.5 Å². The molecule has 0 N–H and O–H groups in total. The number of hydrogen-bond donors (Lipinski definition) is 0. The Hall–Kier alpha value is -3.71. The molecule has 1 atom stereocenters. The average Bonchev–Trinajstić information content (AvgIpc) is 3.56. The summed E-state index contributed by atoms with van der Waals surface area (Å²) >= 11 is 16.2. The maximum atomic E-state index is 8.10. The standard InChI is InChI=1S/C63H71Cl2N2P.Ru/c1-41-33-43(3)59(44(4)34-41)66-47(7)48(8)67(60-45(5)35-42(2)36-46(60)6)61(66)62(68(55-23-11-9-12-24-55)56-25-13-10-14-26-56)31-32-63(64,65)58(40-50-28-30-52-20-16-18-22-54(52)38-50)57(62)39-49-27-29-51-19-15-17-21-53(51)37-49;/h15-22,27-30,33-40,55-56,61H,9-14,23-26,31-32H2,1-8H3;/q;+2. The van der Waals surface area contributed by atoms with E-state index in [0.717, 1.165) is 17.6 Å². The van der Waals surface area contributed by atoms with Crippen LogP contribution in [0.15, 0.2) is 132 Å². The minimum absolute atomic E-state index is 0. The molecule has 69 heavy (non-hydrogen) atoms. The summed E-state index contributed by atoms with van der Waals surface area (Å²) in [6.07, 6.45) is 19.6. The van der Waals surface area contributed by atoms with Gasteiger partial charge in [0, 0.05) is 22.8 Å². The van der Waals surface area contributed by atoms with Gasteiger partial charge in [0.2, 0.25) is 0 Å². The fraction of sp³-hybridized carbons (Fsp3) is 0.397. The summed E-state index contributed by atoms with van der Waals surface area (Å²) in [6.45, 7) is 18.8. The van der Waals surface area contributed by atoms with Crippen molar-refractivity contribution in [3.8, 4) is 0 Å². The summed E-state index contributed by atoms with van der Waals surface area (Å²) < 4.78 is -1.12. The van der Waals surface area contributed by atoms with Gasteiger partial charge in [0.05, 0.1) is 5.16 Å². The van der Waals surface area contributed by atoms with Gasteiger partial charge in [0.25, 0.3) is 0 Å². The number of halogens is 2. The van der Waals surface area contributed by atoms with Crippen molar-refractivity contribution in [1.29, 1.82) is 0 Å². The van der Waals surface area contributed by atoms with Crippen molar-refractivity contribution in [1.82, 2.24) is 0 Å². The summed E-state index contributed by atoms with van der Waals surface area (Å²) in [4.78, 5) is 5.74. The first-order chi connectivity index (χ1) is 32.7. The Bertz CT molecular complexity index is 2850. The number of alkyl halides is 2. The Morgan fingerprint density at radius 3 is 1.29 bits per heavy atom. The number of allylic oxidation sites excluding steroid dienone is 3. The quantitative estimate of drug-likeness (QED) is 0.0851. The molecule has 1 aliphatic heterocycles. The molecule has 2 nitrogen and oxygen atoms in total. The van der Waals surface area contributed by atoms with Gasteiger partial charge in [-0.25, -0.2) is 0 Å². The number of hydrogen-bond acceptors (Lipinski definition) is 2. The second-order valence-corrected chi connectivity index (χ2v) is 25.8. The van der Waals surface area contributed by atoms with Gasteiger partial charge in [-0.1, -0.05) is 184 Å². The largest absolute Gasteiger partial charge is 2.00 e. The van der Waals surface area contributed by atoms with Gasteiger partial charge >= 0.3 is 19.5 Å². The molecular formula is C63H71Cl2N2PRu+2. The first-order valence-electron chi connectivity index (χ1n) is 25.8. The third-order valence-corrected chi connectivity index (χ3v) is 21.5. The van der Waals surface area contributed by atoms with Crippen LogP contribution in [0.5, 0.6) is 0 Å². The van der Waals surface area contributed by atoms with Crippen molar-refractivity contribution >= 4 is 76.2 Å². The van der Waals surface area contributed by atoms with Crippen molar-refractivity contribution in [2.24, 2.45) is 0 Å². The Labute approximate surface area is 438 Å². The van der Waals surface area contributed by atoms with E-state index in [9.17, 15) is 0 Å². The smallest absolute Gasteiger partial charge is 0.321 e. The molecule has 3 fully saturated rings. The van der Waals surface area contributed by atoms with E-state index < -0.39 is 12.3 Å². The van der Waals surface area contributed by atoms with Crippen molar-refractivity contribution in [3.05, 3.63) is 176 Å². The molecule has 10 rings (SSSR count). The fourth-order valence-corrected chi connectivity index (χ4v) is 19.2. The van der Waals surface area contributed by atoms with Crippen LogP contribution in [0.4, 0.5) is 11.4 Å². The fourth-order valence-electron chi connectivity index (χ4n) is 13.6. The van der Waals surface area contributed by atoms with E-state index >= 15 is 0 Å². The van der Waals surface area contributed by atoms with E-state index in [1.807, 2.05) is 0 Å². The molecule has 1 unspecified atom stereocenters. The number of fused-ring (bicyclic) bond motifs is 2. The molecule has 3 saturated carbocycles. The van der Waals surface area contributed by atoms with E-state index in [1.165, 1.54) is 153 Å². The second-order valence-electron chi connectivity index (χ2n) is 21.2. The van der Waals surface area contributed by atoms with Crippen LogP contribution in [0, 0.1) is 41.5 Å². The minimum Gasteiger partial charge on any atom is -0.321 e. The molecule has 0 bridgehead atoms. The average molecular weight is 1060 g/mol. The van der Waals surface area contributed by atoms with Gasteiger partial charge in [-0.2, -0.15) is 0 Å². The van der Waals surface area contributed by atoms with E-state index in [4.69, 9.17) is 23.2 Å². The molecule has 0 aromatic heterocycles. The van der Waals surface area contributed by atoms with Gasteiger partial charge in [-0.15, -0.1) is 0 Å². The molecule has 3 aliphatic carbocycles. The van der Waals surface area contributed by atoms with Crippen molar-refractivity contribution in [3.63, 3.8) is 0 Å². The zero-order valence-electron chi connectivity index (χ0n) is 42.2. The van der Waals surface area contributed by atoms with E-state index in [1.54, 1.807) is 0 Å². The van der Waals surface area contributed by atoms with E-state index in [0.29, 0.717) is 17.7 Å². The first-order valence-corrected chi connectivity index (χ1v) is 28.0. The zero-order valence-corrected chi connectivity index (χ0v) is 46.4. The molecule has 0 spiro atoms. The minimum atomic E-state index is -1.12. The van der Waals surface area contributed by atoms with Crippen LogP contribution >= 0.6 is 31.1 Å². The summed E-state index contributed by atoms with van der Waals surface area (Å²) in [7, 11) is -0.711. The Morgan fingerprint density at radius 2 is 0.870 bits per heavy atom. The van der Waals surface area contributed by atoms with Crippen LogP contribution < -0.4 is 9.80 Å². The molecule has 6 heteroatoms. The zero-order chi connectivity index (χ0) is 47.5. The molecule has 0 amide bonds. The van der Waals surface area contributed by atoms with Gasteiger partial charge in [-0.05, 0) is 190 Å². The van der Waals surface area contributed by atoms with Crippen molar-refractivity contribution in [2.45, 2.75) is 159 Å². The van der Waals surface area contributed by atoms with Crippen LogP contribution in [-0.2, 0) is 19.5 Å². The molecule has 1 heterocycles. The van der Waals surface area contributed by atoms with Gasteiger partial charge in [-0.3, -0.25) is 0 Å². The molecule has 4 aliphatic rings. The van der Waals surface area contributed by atoms with Crippen molar-refractivity contribution in [2.75, 3.05) is 9.80 Å². The van der Waals surface area contributed by atoms with E-state index in [2.05, 4.69) is 187 Å². The number of rotatable bonds is 8. The van der Waals surface area contributed by atoms with Crippen LogP contribution in [0.3, 0.4) is 0 Å². The third-order valence-electron chi connectivity index (χ3n) is 16.5. The second kappa shape index (κ2) is 20.4. The summed E-state index contributed by atoms with van der Waals surface area (Å²) in [5.41, 5.74) is 19.4. The monoisotopic (exact) mass is 1060 g/mol. The van der Waals surface area contributed by atoms with Gasteiger partial charge < -0.3 is 9.80 Å². The topological polar surface area (TPSA) is 6.48 Å². The first kappa shape index (κ1) is 50.2. The molecule has 0 saturated heterocycles. The summed E-state index contributed by atoms with van der Waals surface area (Å²) in [5.74, 6) is 0. The predicted molar refractivity (Wildman–Crippen MR) is 299 cm³/mol. The van der Waals surface area contributed by atoms with Crippen LogP contribution in [0.1, 0.15) is 135 Å². The van der Waals surface area contributed by atoms with Crippen LogP contribution in [0.2, 0.25) is 0 Å². The predicted octanol–water partition coefficient (Wildman–Crippen LogP) is 18.8. The number of benzene rings is 6. The number of nitrogens with zero attached hydrogens (tertiary/aromatic N) is 2. The number of aryl methyl sites for hydroxylation is 6. The molecular weight excluding hydrogens is 988 g/mol. The maximum Gasteiger partial charge on any atom is 2.00 e. The Morgan fingerprint density at radius 1 is 0.478 bits per heavy atom. The Kier molecular flexibility index (Phi) is 14.9. The van der Waals surface area contributed by atoms with E-state index in [-0.39, 0.29) is 30.8 Å². The summed E-state index contributed by atoms with van der Waals surface area (Å²) in [5, 5.41) is 4.61. The maximum absolute atomic E-state index is 8.10.